The van der Waals surface area contributed by atoms with Crippen LogP contribution in [0, 0.1) is 0 Å². The van der Waals surface area contributed by atoms with E-state index < -0.39 is 0 Å². The van der Waals surface area contributed by atoms with E-state index in [1.54, 1.807) is 23.7 Å². The molecule has 2 rings (SSSR count). The monoisotopic (exact) mass is 288 g/mol. The molecule has 0 radical (unpaired) electrons. The van der Waals surface area contributed by atoms with Gasteiger partial charge in [-0.05, 0) is 27.7 Å². The van der Waals surface area contributed by atoms with E-state index in [0.29, 0.717) is 0 Å². The van der Waals surface area contributed by atoms with Crippen LogP contribution in [-0.4, -0.2) is 15.0 Å². The van der Waals surface area contributed by atoms with Gasteiger partial charge in [0.25, 0.3) is 0 Å². The summed E-state index contributed by atoms with van der Waals surface area (Å²) in [5, 5.41) is 2.70. The summed E-state index contributed by atoms with van der Waals surface area (Å²) in [5.74, 6) is 0.271. The van der Waals surface area contributed by atoms with Crippen molar-refractivity contribution in [3.63, 3.8) is 0 Å². The molecule has 72 valence electrons. The van der Waals surface area contributed by atoms with E-state index in [1.807, 2.05) is 5.38 Å². The molecular formula is C7H5BrN4S2. The highest BCUT2D eigenvalue weighted by Crippen LogP contribution is 2.32. The molecule has 0 aliphatic carbocycles. The number of aromatic nitrogens is 3. The van der Waals surface area contributed by atoms with Crippen molar-refractivity contribution in [1.29, 1.82) is 0 Å². The van der Waals surface area contributed by atoms with Crippen molar-refractivity contribution < 1.29 is 0 Å². The summed E-state index contributed by atoms with van der Waals surface area (Å²) in [6.45, 7) is 0. The number of anilines is 1. The zero-order chi connectivity index (χ0) is 9.97. The minimum atomic E-state index is 0.271. The van der Waals surface area contributed by atoms with E-state index >= 15 is 0 Å². The van der Waals surface area contributed by atoms with Gasteiger partial charge in [0.2, 0.25) is 5.95 Å². The highest BCUT2D eigenvalue weighted by molar-refractivity contribution is 9.10. The molecule has 2 N–H and O–H groups in total. The Morgan fingerprint density at radius 1 is 1.43 bits per heavy atom. The molecular weight excluding hydrogens is 284 g/mol. The Kier molecular flexibility index (Phi) is 2.99. The Balaban J connectivity index is 2.28. The molecule has 0 saturated heterocycles. The van der Waals surface area contributed by atoms with E-state index in [9.17, 15) is 0 Å². The first kappa shape index (κ1) is 9.88. The minimum absolute atomic E-state index is 0.271. The van der Waals surface area contributed by atoms with Gasteiger partial charge in [0.05, 0.1) is 4.47 Å². The summed E-state index contributed by atoms with van der Waals surface area (Å²) in [4.78, 5) is 12.1. The van der Waals surface area contributed by atoms with Gasteiger partial charge >= 0.3 is 0 Å². The molecule has 0 fully saturated rings. The lowest BCUT2D eigenvalue weighted by Gasteiger charge is -2.00. The molecule has 0 unspecified atom stereocenters. The quantitative estimate of drug-likeness (QED) is 0.860. The number of hydrogen-bond donors (Lipinski definition) is 1. The number of halogens is 1. The van der Waals surface area contributed by atoms with Crippen LogP contribution in [0.5, 0.6) is 0 Å². The molecule has 0 aliphatic heterocycles. The fraction of sp³-hybridized carbons (Fsp3) is 0. The number of hydrogen-bond acceptors (Lipinski definition) is 6. The summed E-state index contributed by atoms with van der Waals surface area (Å²) >= 11 is 6.38. The van der Waals surface area contributed by atoms with Crippen molar-refractivity contribution >= 4 is 45.0 Å². The third kappa shape index (κ3) is 2.23. The van der Waals surface area contributed by atoms with Gasteiger partial charge in [0.1, 0.15) is 5.03 Å². The molecule has 14 heavy (non-hydrogen) atoms. The van der Waals surface area contributed by atoms with Gasteiger partial charge in [0.15, 0.2) is 4.34 Å². The van der Waals surface area contributed by atoms with Crippen LogP contribution in [0.2, 0.25) is 0 Å². The van der Waals surface area contributed by atoms with Crippen molar-refractivity contribution in [3.05, 3.63) is 22.2 Å². The van der Waals surface area contributed by atoms with E-state index in [2.05, 4.69) is 30.9 Å². The highest BCUT2D eigenvalue weighted by atomic mass is 79.9. The van der Waals surface area contributed by atoms with Crippen molar-refractivity contribution in [2.75, 3.05) is 5.73 Å². The lowest BCUT2D eigenvalue weighted by Crippen LogP contribution is -1.95. The standard InChI is InChI=1S/C7H5BrN4S2/c8-4-3-11-6(9)12-5(4)14-7-10-1-2-13-7/h1-3H,(H2,9,11,12). The molecule has 0 spiro atoms. The largest absolute Gasteiger partial charge is 0.368 e. The van der Waals surface area contributed by atoms with Gasteiger partial charge in [0, 0.05) is 17.8 Å². The Hall–Kier alpha value is -0.660. The molecule has 0 aliphatic rings. The predicted molar refractivity (Wildman–Crippen MR) is 60.4 cm³/mol. The van der Waals surface area contributed by atoms with Gasteiger partial charge < -0.3 is 5.73 Å². The molecule has 2 aromatic heterocycles. The Bertz CT molecular complexity index is 431. The number of thiazole rings is 1. The summed E-state index contributed by atoms with van der Waals surface area (Å²) in [6.07, 6.45) is 3.39. The number of rotatable bonds is 2. The molecule has 0 amide bonds. The first-order chi connectivity index (χ1) is 6.75. The van der Waals surface area contributed by atoms with Crippen LogP contribution in [0.4, 0.5) is 5.95 Å². The van der Waals surface area contributed by atoms with E-state index in [-0.39, 0.29) is 5.95 Å². The molecule has 0 saturated carbocycles. The second-order valence-electron chi connectivity index (χ2n) is 2.28. The Morgan fingerprint density at radius 3 is 3.00 bits per heavy atom. The van der Waals surface area contributed by atoms with E-state index in [4.69, 9.17) is 5.73 Å². The fourth-order valence-electron chi connectivity index (χ4n) is 0.779. The molecule has 2 heterocycles. The summed E-state index contributed by atoms with van der Waals surface area (Å²) in [5.41, 5.74) is 5.48. The third-order valence-electron chi connectivity index (χ3n) is 1.32. The summed E-state index contributed by atoms with van der Waals surface area (Å²) in [7, 11) is 0. The first-order valence-corrected chi connectivity index (χ1v) is 6.10. The first-order valence-electron chi connectivity index (χ1n) is 3.61. The molecule has 2 aromatic rings. The zero-order valence-electron chi connectivity index (χ0n) is 6.85. The molecule has 0 atom stereocenters. The Morgan fingerprint density at radius 2 is 2.29 bits per heavy atom. The SMILES string of the molecule is Nc1ncc(Br)c(Sc2nccs2)n1. The van der Waals surface area contributed by atoms with Crippen LogP contribution < -0.4 is 5.73 Å². The maximum Gasteiger partial charge on any atom is 0.221 e. The van der Waals surface area contributed by atoms with Crippen molar-refractivity contribution in [2.24, 2.45) is 0 Å². The second-order valence-corrected chi connectivity index (χ2v) is 5.27. The van der Waals surface area contributed by atoms with Crippen LogP contribution in [0.25, 0.3) is 0 Å². The third-order valence-corrected chi connectivity index (χ3v) is 4.06. The van der Waals surface area contributed by atoms with Crippen LogP contribution in [0.15, 0.2) is 31.6 Å². The smallest absolute Gasteiger partial charge is 0.221 e. The van der Waals surface area contributed by atoms with Crippen molar-refractivity contribution in [1.82, 2.24) is 15.0 Å². The second kappa shape index (κ2) is 4.24. The summed E-state index contributed by atoms with van der Waals surface area (Å²) < 4.78 is 1.76. The van der Waals surface area contributed by atoms with E-state index in [0.717, 1.165) is 13.8 Å². The lowest BCUT2D eigenvalue weighted by molar-refractivity contribution is 1.04. The molecule has 0 aromatic carbocycles. The number of nitrogen functional groups attached to an aromatic ring is 1. The van der Waals surface area contributed by atoms with Gasteiger partial charge in [-0.25, -0.2) is 15.0 Å². The number of nitrogens with two attached hydrogens (primary N) is 1. The summed E-state index contributed by atoms with van der Waals surface area (Å²) in [6, 6.07) is 0. The van der Waals surface area contributed by atoms with Crippen LogP contribution in [0.3, 0.4) is 0 Å². The van der Waals surface area contributed by atoms with E-state index in [1.165, 1.54) is 11.8 Å². The molecule has 0 bridgehead atoms. The van der Waals surface area contributed by atoms with Gasteiger partial charge in [-0.1, -0.05) is 0 Å². The zero-order valence-corrected chi connectivity index (χ0v) is 10.1. The fourth-order valence-corrected chi connectivity index (χ4v) is 2.74. The average molecular weight is 289 g/mol. The van der Waals surface area contributed by atoms with Crippen LogP contribution in [0.1, 0.15) is 0 Å². The van der Waals surface area contributed by atoms with Gasteiger partial charge in [-0.3, -0.25) is 0 Å². The van der Waals surface area contributed by atoms with Crippen LogP contribution >= 0.6 is 39.0 Å². The number of nitrogens with zero attached hydrogens (tertiary/aromatic N) is 3. The van der Waals surface area contributed by atoms with Crippen molar-refractivity contribution in [3.8, 4) is 0 Å². The normalized spacial score (nSPS) is 10.4. The highest BCUT2D eigenvalue weighted by Gasteiger charge is 2.06. The maximum absolute atomic E-state index is 5.48. The molecule has 4 nitrogen and oxygen atoms in total. The van der Waals surface area contributed by atoms with Crippen molar-refractivity contribution in [2.45, 2.75) is 9.37 Å². The van der Waals surface area contributed by atoms with Crippen LogP contribution in [-0.2, 0) is 0 Å². The minimum Gasteiger partial charge on any atom is -0.368 e. The van der Waals surface area contributed by atoms with Gasteiger partial charge in [-0.15, -0.1) is 11.3 Å². The Labute approximate surface area is 97.1 Å². The lowest BCUT2D eigenvalue weighted by atomic mass is 10.7. The maximum atomic E-state index is 5.48. The van der Waals surface area contributed by atoms with Gasteiger partial charge in [-0.2, -0.15) is 0 Å². The molecule has 7 heteroatoms. The topological polar surface area (TPSA) is 64.7 Å². The average Bonchev–Trinajstić information content (AvgIpc) is 2.64. The predicted octanol–water partition coefficient (Wildman–Crippen LogP) is 2.43.